The number of carbonyl (C=O) groups is 2. The molecule has 5 aliphatic rings. The van der Waals surface area contributed by atoms with Crippen LogP contribution in [-0.2, 0) is 21.4 Å². The van der Waals surface area contributed by atoms with Gasteiger partial charge < -0.3 is 19.1 Å². The minimum atomic E-state index is -0.328. The van der Waals surface area contributed by atoms with Gasteiger partial charge in [0, 0.05) is 55.2 Å². The number of methoxy groups -OCH3 is 1. The molecule has 7 rings (SSSR count). The predicted octanol–water partition coefficient (Wildman–Crippen LogP) is 4.92. The van der Waals surface area contributed by atoms with E-state index < -0.39 is 0 Å². The Kier molecular flexibility index (Phi) is 6.42. The topological polar surface area (TPSA) is 68.3 Å². The molecule has 3 aliphatic carbocycles. The van der Waals surface area contributed by atoms with Gasteiger partial charge in [-0.25, -0.2) is 0 Å². The molecule has 1 spiro atoms. The summed E-state index contributed by atoms with van der Waals surface area (Å²) in [6.45, 7) is 5.68. The Labute approximate surface area is 242 Å². The van der Waals surface area contributed by atoms with Crippen molar-refractivity contribution in [1.82, 2.24) is 9.80 Å². The Balaban J connectivity index is 1.28. The van der Waals surface area contributed by atoms with Crippen LogP contribution in [0.5, 0.6) is 17.2 Å². The van der Waals surface area contributed by atoms with Gasteiger partial charge in [-0.05, 0) is 75.5 Å². The fraction of sp³-hybridized carbons (Fsp3) is 0.529. The number of hydrogen-bond acceptors (Lipinski definition) is 6. The number of hydrogen-bond donors (Lipinski definition) is 0. The van der Waals surface area contributed by atoms with Gasteiger partial charge in [0.15, 0.2) is 11.5 Å². The van der Waals surface area contributed by atoms with Crippen molar-refractivity contribution >= 4 is 18.0 Å². The molecule has 3 fully saturated rings. The Morgan fingerprint density at radius 3 is 2.73 bits per heavy atom. The average Bonchev–Trinajstić information content (AvgIpc) is 3.71. The monoisotopic (exact) mass is 556 g/mol. The third-order valence-corrected chi connectivity index (χ3v) is 10.4. The van der Waals surface area contributed by atoms with E-state index in [1.165, 1.54) is 30.9 Å². The molecule has 7 heteroatoms. The summed E-state index contributed by atoms with van der Waals surface area (Å²) in [5, 5.41) is 0. The third kappa shape index (κ3) is 4.27. The number of ether oxygens (including phenoxy) is 3. The Morgan fingerprint density at radius 2 is 2.00 bits per heavy atom. The van der Waals surface area contributed by atoms with Crippen LogP contribution in [0.15, 0.2) is 36.4 Å². The number of esters is 1. The van der Waals surface area contributed by atoms with E-state index in [-0.39, 0.29) is 29.4 Å². The highest BCUT2D eigenvalue weighted by Crippen LogP contribution is 2.66. The van der Waals surface area contributed by atoms with Crippen LogP contribution < -0.4 is 14.2 Å². The maximum atomic E-state index is 13.6. The summed E-state index contributed by atoms with van der Waals surface area (Å²) < 4.78 is 18.6. The van der Waals surface area contributed by atoms with Crippen molar-refractivity contribution in [2.75, 3.05) is 27.2 Å². The molecule has 0 radical (unpaired) electrons. The lowest BCUT2D eigenvalue weighted by atomic mass is 9.50. The van der Waals surface area contributed by atoms with Crippen molar-refractivity contribution < 1.29 is 23.8 Å². The van der Waals surface area contributed by atoms with Gasteiger partial charge in [-0.1, -0.05) is 29.8 Å². The van der Waals surface area contributed by atoms with Crippen LogP contribution in [0.2, 0.25) is 0 Å². The van der Waals surface area contributed by atoms with E-state index >= 15 is 0 Å². The molecule has 2 saturated carbocycles. The standard InChI is InChI=1S/C34H40N2O5/c1-20-6-5-7-22(16-20)10-13-30(38)35(3)26-12-11-25-27-17-24-28(40-21(2)37)18-29(39-4)32-31(24)34(25,33(26)41-32)14-15-36(27)19-23-8-9-23/h5-7,10,13,16,18,23,25-27,33H,8-9,11-12,14-15,17,19H2,1-4H3/t25-,26-,27+,33-,34-/m0/s1. The number of benzene rings is 2. The molecule has 216 valence electrons. The second-order valence-electron chi connectivity index (χ2n) is 12.8. The summed E-state index contributed by atoms with van der Waals surface area (Å²) in [4.78, 5) is 30.4. The van der Waals surface area contributed by atoms with Crippen LogP contribution in [-0.4, -0.2) is 67.1 Å². The molecule has 2 heterocycles. The van der Waals surface area contributed by atoms with Crippen molar-refractivity contribution in [1.29, 1.82) is 0 Å². The first kappa shape index (κ1) is 26.6. The molecular formula is C34H40N2O5. The van der Waals surface area contributed by atoms with E-state index in [1.54, 1.807) is 13.2 Å². The van der Waals surface area contributed by atoms with Crippen LogP contribution in [0.1, 0.15) is 61.3 Å². The first-order valence-electron chi connectivity index (χ1n) is 15.1. The Morgan fingerprint density at radius 1 is 1.17 bits per heavy atom. The molecular weight excluding hydrogens is 516 g/mol. The van der Waals surface area contributed by atoms with Gasteiger partial charge in [-0.15, -0.1) is 0 Å². The minimum absolute atomic E-state index is 0.0165. The number of nitrogens with zero attached hydrogens (tertiary/aromatic N) is 2. The highest BCUT2D eigenvalue weighted by molar-refractivity contribution is 5.92. The fourth-order valence-corrected chi connectivity index (χ4v) is 8.51. The van der Waals surface area contributed by atoms with E-state index in [9.17, 15) is 9.59 Å². The normalized spacial score (nSPS) is 29.6. The number of rotatable bonds is 7. The summed E-state index contributed by atoms with van der Waals surface area (Å²) in [5.41, 5.74) is 4.21. The lowest BCUT2D eigenvalue weighted by molar-refractivity contribution is -0.135. The van der Waals surface area contributed by atoms with Gasteiger partial charge >= 0.3 is 5.97 Å². The molecule has 2 bridgehead atoms. The van der Waals surface area contributed by atoms with Crippen LogP contribution in [0.25, 0.3) is 6.08 Å². The molecule has 1 amide bonds. The van der Waals surface area contributed by atoms with Gasteiger partial charge in [-0.2, -0.15) is 0 Å². The molecule has 7 nitrogen and oxygen atoms in total. The van der Waals surface area contributed by atoms with Gasteiger partial charge in [0.2, 0.25) is 5.91 Å². The average molecular weight is 557 g/mol. The first-order chi connectivity index (χ1) is 19.8. The molecule has 41 heavy (non-hydrogen) atoms. The number of aryl methyl sites for hydroxylation is 1. The second-order valence-corrected chi connectivity index (χ2v) is 12.8. The summed E-state index contributed by atoms with van der Waals surface area (Å²) in [7, 11) is 3.56. The van der Waals surface area contributed by atoms with Crippen LogP contribution in [0.3, 0.4) is 0 Å². The van der Waals surface area contributed by atoms with Gasteiger partial charge in [0.25, 0.3) is 0 Å². The van der Waals surface area contributed by atoms with Crippen molar-refractivity contribution in [2.24, 2.45) is 11.8 Å². The minimum Gasteiger partial charge on any atom is -0.493 e. The zero-order valence-corrected chi connectivity index (χ0v) is 24.5. The molecule has 2 aliphatic heterocycles. The number of amides is 1. The fourth-order valence-electron chi connectivity index (χ4n) is 8.51. The predicted molar refractivity (Wildman–Crippen MR) is 156 cm³/mol. The highest BCUT2D eigenvalue weighted by atomic mass is 16.5. The molecule has 2 aromatic rings. The van der Waals surface area contributed by atoms with Gasteiger partial charge in [0.1, 0.15) is 11.9 Å². The number of piperidine rings is 1. The largest absolute Gasteiger partial charge is 0.493 e. The number of likely N-dealkylation sites (N-methyl/N-ethyl adjacent to an activating group) is 1. The second kappa shape index (κ2) is 9.90. The van der Waals surface area contributed by atoms with Gasteiger partial charge in [-0.3, -0.25) is 14.5 Å². The zero-order valence-electron chi connectivity index (χ0n) is 24.5. The van der Waals surface area contributed by atoms with E-state index in [2.05, 4.69) is 24.0 Å². The Bertz CT molecular complexity index is 1430. The first-order valence-corrected chi connectivity index (χ1v) is 15.1. The molecule has 1 saturated heterocycles. The lowest BCUT2D eigenvalue weighted by Crippen LogP contribution is -2.69. The van der Waals surface area contributed by atoms with Crippen molar-refractivity contribution in [2.45, 2.75) is 76.0 Å². The lowest BCUT2D eigenvalue weighted by Gasteiger charge is -2.60. The number of carbonyl (C=O) groups excluding carboxylic acids is 2. The van der Waals surface area contributed by atoms with E-state index in [0.29, 0.717) is 23.5 Å². The van der Waals surface area contributed by atoms with Gasteiger partial charge in [0.05, 0.1) is 13.2 Å². The van der Waals surface area contributed by atoms with Crippen LogP contribution >= 0.6 is 0 Å². The van der Waals surface area contributed by atoms with E-state index in [4.69, 9.17) is 14.2 Å². The molecule has 0 N–H and O–H groups in total. The quantitative estimate of drug-likeness (QED) is 0.274. The molecule has 0 unspecified atom stereocenters. The van der Waals surface area contributed by atoms with Crippen molar-refractivity contribution in [3.05, 3.63) is 58.7 Å². The van der Waals surface area contributed by atoms with E-state index in [1.807, 2.05) is 36.2 Å². The van der Waals surface area contributed by atoms with Crippen molar-refractivity contribution in [3.63, 3.8) is 0 Å². The molecule has 2 aromatic carbocycles. The molecule has 5 atom stereocenters. The summed E-state index contributed by atoms with van der Waals surface area (Å²) >= 11 is 0. The summed E-state index contributed by atoms with van der Waals surface area (Å²) in [5.74, 6) is 2.87. The molecule has 0 aromatic heterocycles. The SMILES string of the molecule is COc1cc(OC(C)=O)c2c3c1O[C@H]1[C@@H](N(C)C(=O)C=Cc4cccc(C)c4)CC[C@H]4[C@@H](C2)N(CC2CC2)CC[C@@]341. The Hall–Kier alpha value is -3.32. The maximum Gasteiger partial charge on any atom is 0.308 e. The van der Waals surface area contributed by atoms with Crippen LogP contribution in [0, 0.1) is 18.8 Å². The maximum absolute atomic E-state index is 13.6. The van der Waals surface area contributed by atoms with E-state index in [0.717, 1.165) is 61.6 Å². The third-order valence-electron chi connectivity index (χ3n) is 10.4. The summed E-state index contributed by atoms with van der Waals surface area (Å²) in [6.07, 6.45) is 9.82. The van der Waals surface area contributed by atoms with Crippen LogP contribution in [0.4, 0.5) is 0 Å². The zero-order chi connectivity index (χ0) is 28.5. The number of likely N-dealkylation sites (tertiary alicyclic amines) is 1. The van der Waals surface area contributed by atoms with Crippen molar-refractivity contribution in [3.8, 4) is 17.2 Å². The highest BCUT2D eigenvalue weighted by Gasteiger charge is 2.67. The summed E-state index contributed by atoms with van der Waals surface area (Å²) in [6, 6.07) is 10.3. The smallest absolute Gasteiger partial charge is 0.308 e.